The van der Waals surface area contributed by atoms with Gasteiger partial charge in [-0.2, -0.15) is 0 Å². The summed E-state index contributed by atoms with van der Waals surface area (Å²) in [5.74, 6) is -0.479. The smallest absolute Gasteiger partial charge is 0.408 e. The Hall–Kier alpha value is -2.04. The lowest BCUT2D eigenvalue weighted by Gasteiger charge is -2.26. The normalized spacial score (nSPS) is 11.7. The van der Waals surface area contributed by atoms with Crippen LogP contribution in [0.1, 0.15) is 25.8 Å². The monoisotopic (exact) mass is 279 g/mol. The summed E-state index contributed by atoms with van der Waals surface area (Å²) < 4.78 is 4.98. The van der Waals surface area contributed by atoms with Crippen molar-refractivity contribution in [3.63, 3.8) is 0 Å². The molecule has 0 radical (unpaired) electrons. The van der Waals surface area contributed by atoms with Crippen molar-refractivity contribution in [3.05, 3.63) is 35.9 Å². The molecule has 1 amide bonds. The number of carbonyl (C=O) groups excluding carboxylic acids is 1. The van der Waals surface area contributed by atoms with Gasteiger partial charge in [-0.15, -0.1) is 0 Å². The van der Waals surface area contributed by atoms with Crippen molar-refractivity contribution in [2.75, 3.05) is 13.2 Å². The predicted octanol–water partition coefficient (Wildman–Crippen LogP) is 2.55. The van der Waals surface area contributed by atoms with Crippen molar-refractivity contribution in [1.82, 2.24) is 4.90 Å². The number of benzene rings is 1. The van der Waals surface area contributed by atoms with E-state index in [4.69, 9.17) is 4.74 Å². The minimum absolute atomic E-state index is 0.248. The Morgan fingerprint density at radius 1 is 1.25 bits per heavy atom. The molecule has 0 heterocycles. The maximum Gasteiger partial charge on any atom is 0.408 e. The number of nitrogens with zero attached hydrogens (tertiary/aromatic N) is 1. The van der Waals surface area contributed by atoms with Crippen LogP contribution in [0, 0.1) is 0 Å². The van der Waals surface area contributed by atoms with Crippen LogP contribution < -0.4 is 0 Å². The first-order valence-electron chi connectivity index (χ1n) is 6.80. The Labute approximate surface area is 119 Å². The zero-order valence-electron chi connectivity index (χ0n) is 11.9. The van der Waals surface area contributed by atoms with E-state index in [1.54, 1.807) is 13.8 Å². The summed E-state index contributed by atoms with van der Waals surface area (Å²) in [6, 6.07) is 8.92. The standard InChI is InChI=1S/C15H21NO4/c1-3-16(15(18)19)13(14(17)20-4-2)11-10-12-8-6-5-7-9-12/h5-9,13H,3-4,10-11H2,1-2H3,(H,18,19). The number of carboxylic acid groups (broad SMARTS) is 1. The molecule has 5 heteroatoms. The van der Waals surface area contributed by atoms with E-state index in [1.807, 2.05) is 30.3 Å². The number of likely N-dealkylation sites (N-methyl/N-ethyl adjacent to an activating group) is 1. The fourth-order valence-corrected chi connectivity index (χ4v) is 2.08. The highest BCUT2D eigenvalue weighted by Crippen LogP contribution is 2.12. The van der Waals surface area contributed by atoms with Crippen LogP contribution in [0.3, 0.4) is 0 Å². The van der Waals surface area contributed by atoms with Gasteiger partial charge in [0, 0.05) is 6.54 Å². The van der Waals surface area contributed by atoms with Crippen LogP contribution in [0.2, 0.25) is 0 Å². The summed E-state index contributed by atoms with van der Waals surface area (Å²) in [4.78, 5) is 24.3. The van der Waals surface area contributed by atoms with Gasteiger partial charge in [0.15, 0.2) is 0 Å². The summed E-state index contributed by atoms with van der Waals surface area (Å²) in [5, 5.41) is 9.18. The first-order chi connectivity index (χ1) is 9.60. The molecule has 0 saturated carbocycles. The van der Waals surface area contributed by atoms with Crippen LogP contribution in [0.4, 0.5) is 4.79 Å². The average molecular weight is 279 g/mol. The Kier molecular flexibility index (Phi) is 6.56. The fraction of sp³-hybridized carbons (Fsp3) is 0.467. The van der Waals surface area contributed by atoms with Gasteiger partial charge in [-0.25, -0.2) is 9.59 Å². The maximum absolute atomic E-state index is 11.9. The van der Waals surface area contributed by atoms with Crippen molar-refractivity contribution in [3.8, 4) is 0 Å². The summed E-state index contributed by atoms with van der Waals surface area (Å²) >= 11 is 0. The van der Waals surface area contributed by atoms with E-state index in [0.29, 0.717) is 12.8 Å². The molecule has 1 aromatic carbocycles. The molecule has 0 aliphatic carbocycles. The van der Waals surface area contributed by atoms with Gasteiger partial charge in [0.05, 0.1) is 6.61 Å². The van der Waals surface area contributed by atoms with Crippen molar-refractivity contribution < 1.29 is 19.4 Å². The van der Waals surface area contributed by atoms with Crippen molar-refractivity contribution in [2.45, 2.75) is 32.7 Å². The minimum atomic E-state index is -1.10. The van der Waals surface area contributed by atoms with Crippen LogP contribution >= 0.6 is 0 Å². The van der Waals surface area contributed by atoms with Gasteiger partial charge >= 0.3 is 12.1 Å². The van der Waals surface area contributed by atoms with E-state index in [0.717, 1.165) is 10.5 Å². The molecule has 1 atom stereocenters. The Balaban J connectivity index is 2.76. The number of amides is 1. The van der Waals surface area contributed by atoms with E-state index < -0.39 is 18.1 Å². The van der Waals surface area contributed by atoms with E-state index in [-0.39, 0.29) is 13.2 Å². The number of rotatable bonds is 7. The first-order valence-corrected chi connectivity index (χ1v) is 6.80. The second-order valence-electron chi connectivity index (χ2n) is 4.36. The second-order valence-corrected chi connectivity index (χ2v) is 4.36. The lowest BCUT2D eigenvalue weighted by Crippen LogP contribution is -2.45. The van der Waals surface area contributed by atoms with Gasteiger partial charge in [0.1, 0.15) is 6.04 Å². The topological polar surface area (TPSA) is 66.8 Å². The zero-order valence-corrected chi connectivity index (χ0v) is 11.9. The van der Waals surface area contributed by atoms with Gasteiger partial charge in [-0.1, -0.05) is 30.3 Å². The second kappa shape index (κ2) is 8.19. The molecule has 0 aliphatic rings. The Morgan fingerprint density at radius 2 is 1.90 bits per heavy atom. The maximum atomic E-state index is 11.9. The first kappa shape index (κ1) is 16.0. The van der Waals surface area contributed by atoms with Crippen LogP contribution in [0.5, 0.6) is 0 Å². The third-order valence-corrected chi connectivity index (χ3v) is 3.07. The van der Waals surface area contributed by atoms with E-state index in [1.165, 1.54) is 0 Å². The van der Waals surface area contributed by atoms with Gasteiger partial charge < -0.3 is 9.84 Å². The van der Waals surface area contributed by atoms with Crippen LogP contribution in [-0.4, -0.2) is 41.3 Å². The molecule has 0 spiro atoms. The molecule has 0 saturated heterocycles. The lowest BCUT2D eigenvalue weighted by atomic mass is 10.0. The number of hydrogen-bond donors (Lipinski definition) is 1. The predicted molar refractivity (Wildman–Crippen MR) is 75.6 cm³/mol. The number of aryl methyl sites for hydroxylation is 1. The molecule has 0 aromatic heterocycles. The molecule has 0 fully saturated rings. The molecule has 1 unspecified atom stereocenters. The molecule has 20 heavy (non-hydrogen) atoms. The highest BCUT2D eigenvalue weighted by molar-refractivity contribution is 5.80. The summed E-state index contributed by atoms with van der Waals surface area (Å²) in [6.07, 6.45) is -0.0458. The molecule has 110 valence electrons. The van der Waals surface area contributed by atoms with Crippen molar-refractivity contribution in [1.29, 1.82) is 0 Å². The highest BCUT2D eigenvalue weighted by Gasteiger charge is 2.29. The fourth-order valence-electron chi connectivity index (χ4n) is 2.08. The Bertz CT molecular complexity index is 433. The minimum Gasteiger partial charge on any atom is -0.465 e. The molecule has 1 N–H and O–H groups in total. The Morgan fingerprint density at radius 3 is 2.40 bits per heavy atom. The molecule has 0 bridgehead atoms. The van der Waals surface area contributed by atoms with Gasteiger partial charge in [-0.05, 0) is 32.3 Å². The molecule has 5 nitrogen and oxygen atoms in total. The van der Waals surface area contributed by atoms with Crippen LogP contribution in [-0.2, 0) is 16.0 Å². The van der Waals surface area contributed by atoms with E-state index >= 15 is 0 Å². The van der Waals surface area contributed by atoms with Crippen molar-refractivity contribution in [2.24, 2.45) is 0 Å². The largest absolute Gasteiger partial charge is 0.465 e. The molecule has 0 aliphatic heterocycles. The third kappa shape index (κ3) is 4.57. The number of ether oxygens (including phenoxy) is 1. The number of esters is 1. The molecular weight excluding hydrogens is 258 g/mol. The zero-order chi connectivity index (χ0) is 15.0. The van der Waals surface area contributed by atoms with Gasteiger partial charge in [0.25, 0.3) is 0 Å². The SMILES string of the molecule is CCOC(=O)C(CCc1ccccc1)N(CC)C(=O)O. The number of hydrogen-bond acceptors (Lipinski definition) is 3. The molecule has 1 aromatic rings. The van der Waals surface area contributed by atoms with E-state index in [9.17, 15) is 14.7 Å². The van der Waals surface area contributed by atoms with Gasteiger partial charge in [0.2, 0.25) is 0 Å². The van der Waals surface area contributed by atoms with Crippen molar-refractivity contribution >= 4 is 12.1 Å². The number of carbonyl (C=O) groups is 2. The average Bonchev–Trinajstić information content (AvgIpc) is 2.44. The highest BCUT2D eigenvalue weighted by atomic mass is 16.5. The van der Waals surface area contributed by atoms with Crippen LogP contribution in [0.25, 0.3) is 0 Å². The summed E-state index contributed by atoms with van der Waals surface area (Å²) in [7, 11) is 0. The third-order valence-electron chi connectivity index (χ3n) is 3.07. The lowest BCUT2D eigenvalue weighted by molar-refractivity contribution is -0.149. The summed E-state index contributed by atoms with van der Waals surface area (Å²) in [6.45, 7) is 3.93. The molecular formula is C15H21NO4. The van der Waals surface area contributed by atoms with Crippen LogP contribution in [0.15, 0.2) is 30.3 Å². The van der Waals surface area contributed by atoms with Gasteiger partial charge in [-0.3, -0.25) is 4.90 Å². The molecule has 1 rings (SSSR count). The summed E-state index contributed by atoms with van der Waals surface area (Å²) in [5.41, 5.74) is 1.07. The quantitative estimate of drug-likeness (QED) is 0.779. The van der Waals surface area contributed by atoms with E-state index in [2.05, 4.69) is 0 Å².